The summed E-state index contributed by atoms with van der Waals surface area (Å²) in [5, 5.41) is 13.5. The predicted molar refractivity (Wildman–Crippen MR) is 61.3 cm³/mol. The number of rotatable bonds is 4. The highest BCUT2D eigenvalue weighted by molar-refractivity contribution is 5.90. The van der Waals surface area contributed by atoms with Crippen molar-refractivity contribution in [2.75, 3.05) is 5.32 Å². The SMILES string of the molecule is Cc1[nH]nc(NC(=O)CCn2cncn2)c1C. The van der Waals surface area contributed by atoms with Gasteiger partial charge >= 0.3 is 0 Å². The lowest BCUT2D eigenvalue weighted by Crippen LogP contribution is -2.15. The number of carbonyl (C=O) groups excluding carboxylic acids is 1. The molecule has 0 aliphatic heterocycles. The topological polar surface area (TPSA) is 88.5 Å². The van der Waals surface area contributed by atoms with Gasteiger partial charge in [0, 0.05) is 17.7 Å². The fraction of sp³-hybridized carbons (Fsp3) is 0.400. The number of nitrogens with one attached hydrogen (secondary N) is 2. The number of hydrogen-bond acceptors (Lipinski definition) is 4. The molecule has 0 aromatic carbocycles. The van der Waals surface area contributed by atoms with E-state index >= 15 is 0 Å². The average molecular weight is 234 g/mol. The Bertz CT molecular complexity index is 501. The maximum Gasteiger partial charge on any atom is 0.227 e. The van der Waals surface area contributed by atoms with Crippen molar-refractivity contribution in [1.29, 1.82) is 0 Å². The summed E-state index contributed by atoms with van der Waals surface area (Å²) in [5.74, 6) is 0.501. The van der Waals surface area contributed by atoms with Crippen LogP contribution in [0.3, 0.4) is 0 Å². The van der Waals surface area contributed by atoms with Gasteiger partial charge in [0.25, 0.3) is 0 Å². The number of H-pyrrole nitrogens is 1. The van der Waals surface area contributed by atoms with Crippen LogP contribution in [-0.2, 0) is 11.3 Å². The molecule has 0 unspecified atom stereocenters. The van der Waals surface area contributed by atoms with Gasteiger partial charge in [0.1, 0.15) is 12.7 Å². The molecule has 0 spiro atoms. The second kappa shape index (κ2) is 4.77. The molecule has 0 saturated carbocycles. The third-order valence-corrected chi connectivity index (χ3v) is 2.55. The minimum absolute atomic E-state index is 0.0879. The molecule has 1 amide bonds. The maximum absolute atomic E-state index is 11.6. The maximum atomic E-state index is 11.6. The fourth-order valence-corrected chi connectivity index (χ4v) is 1.37. The number of amides is 1. The van der Waals surface area contributed by atoms with Crippen LogP contribution in [-0.4, -0.2) is 30.9 Å². The van der Waals surface area contributed by atoms with Crippen molar-refractivity contribution in [3.05, 3.63) is 23.9 Å². The smallest absolute Gasteiger partial charge is 0.227 e. The van der Waals surface area contributed by atoms with Crippen LogP contribution in [0.2, 0.25) is 0 Å². The largest absolute Gasteiger partial charge is 0.309 e. The molecule has 0 aliphatic carbocycles. The van der Waals surface area contributed by atoms with Gasteiger partial charge in [-0.3, -0.25) is 14.6 Å². The Labute approximate surface area is 98.2 Å². The van der Waals surface area contributed by atoms with E-state index in [1.54, 1.807) is 11.0 Å². The monoisotopic (exact) mass is 234 g/mol. The van der Waals surface area contributed by atoms with Gasteiger partial charge in [0.05, 0.1) is 6.54 Å². The summed E-state index contributed by atoms with van der Waals surface area (Å²) in [6, 6.07) is 0. The molecule has 2 N–H and O–H groups in total. The summed E-state index contributed by atoms with van der Waals surface area (Å²) < 4.78 is 1.61. The molecule has 7 nitrogen and oxygen atoms in total. The Hall–Kier alpha value is -2.18. The first-order chi connectivity index (χ1) is 8.16. The van der Waals surface area contributed by atoms with Crippen LogP contribution in [0.4, 0.5) is 5.82 Å². The Morgan fingerprint density at radius 1 is 1.53 bits per heavy atom. The van der Waals surface area contributed by atoms with E-state index in [1.165, 1.54) is 6.33 Å². The highest BCUT2D eigenvalue weighted by Crippen LogP contribution is 2.13. The summed E-state index contributed by atoms with van der Waals surface area (Å²) in [6.07, 6.45) is 3.37. The molecule has 2 heterocycles. The van der Waals surface area contributed by atoms with E-state index in [9.17, 15) is 4.79 Å². The van der Waals surface area contributed by atoms with E-state index in [2.05, 4.69) is 25.6 Å². The third kappa shape index (κ3) is 2.68. The van der Waals surface area contributed by atoms with Crippen LogP contribution >= 0.6 is 0 Å². The van der Waals surface area contributed by atoms with E-state index in [0.29, 0.717) is 18.8 Å². The van der Waals surface area contributed by atoms with E-state index in [0.717, 1.165) is 11.3 Å². The molecule has 2 rings (SSSR count). The lowest BCUT2D eigenvalue weighted by molar-refractivity contribution is -0.116. The molecule has 7 heteroatoms. The van der Waals surface area contributed by atoms with Gasteiger partial charge < -0.3 is 5.32 Å². The van der Waals surface area contributed by atoms with Gasteiger partial charge in [-0.05, 0) is 13.8 Å². The molecular formula is C10H14N6O. The zero-order chi connectivity index (χ0) is 12.3. The van der Waals surface area contributed by atoms with E-state index < -0.39 is 0 Å². The molecule has 0 bridgehead atoms. The van der Waals surface area contributed by atoms with Gasteiger partial charge in [0.2, 0.25) is 5.91 Å². The third-order valence-electron chi connectivity index (χ3n) is 2.55. The number of aromatic amines is 1. The molecule has 2 aromatic heterocycles. The first-order valence-electron chi connectivity index (χ1n) is 5.30. The van der Waals surface area contributed by atoms with Crippen LogP contribution < -0.4 is 5.32 Å². The number of hydrogen-bond donors (Lipinski definition) is 2. The van der Waals surface area contributed by atoms with E-state index in [4.69, 9.17) is 0 Å². The standard InChI is InChI=1S/C10H14N6O/c1-7-8(2)14-15-10(7)13-9(17)3-4-16-6-11-5-12-16/h5-6H,3-4H2,1-2H3,(H2,13,14,15,17). The Morgan fingerprint density at radius 3 is 2.94 bits per heavy atom. The second-order valence-electron chi connectivity index (χ2n) is 3.78. The minimum Gasteiger partial charge on any atom is -0.309 e. The molecule has 0 radical (unpaired) electrons. The van der Waals surface area contributed by atoms with Crippen LogP contribution in [0.15, 0.2) is 12.7 Å². The summed E-state index contributed by atoms with van der Waals surface area (Å²) >= 11 is 0. The van der Waals surface area contributed by atoms with Gasteiger partial charge in [-0.1, -0.05) is 0 Å². The molecule has 0 fully saturated rings. The van der Waals surface area contributed by atoms with Crippen molar-refractivity contribution >= 4 is 11.7 Å². The molecule has 0 saturated heterocycles. The highest BCUT2D eigenvalue weighted by Gasteiger charge is 2.09. The van der Waals surface area contributed by atoms with Gasteiger partial charge in [-0.2, -0.15) is 10.2 Å². The first-order valence-corrected chi connectivity index (χ1v) is 5.30. The summed E-state index contributed by atoms with van der Waals surface area (Å²) in [4.78, 5) is 15.4. The normalized spacial score (nSPS) is 10.5. The number of carbonyl (C=O) groups is 1. The van der Waals surface area contributed by atoms with Crippen LogP contribution in [0, 0.1) is 13.8 Å². The van der Waals surface area contributed by atoms with Crippen LogP contribution in [0.1, 0.15) is 17.7 Å². The molecule has 17 heavy (non-hydrogen) atoms. The minimum atomic E-state index is -0.0879. The predicted octanol–water partition coefficient (Wildman–Crippen LogP) is 0.647. The zero-order valence-electron chi connectivity index (χ0n) is 9.77. The van der Waals surface area contributed by atoms with Gasteiger partial charge in [0.15, 0.2) is 5.82 Å². The number of anilines is 1. The quantitative estimate of drug-likeness (QED) is 0.812. The lowest BCUT2D eigenvalue weighted by Gasteiger charge is -2.03. The van der Waals surface area contributed by atoms with Gasteiger partial charge in [-0.25, -0.2) is 4.98 Å². The van der Waals surface area contributed by atoms with Crippen molar-refractivity contribution in [3.8, 4) is 0 Å². The highest BCUT2D eigenvalue weighted by atomic mass is 16.1. The average Bonchev–Trinajstić information content (AvgIpc) is 2.92. The number of aromatic nitrogens is 5. The number of nitrogens with zero attached hydrogens (tertiary/aromatic N) is 4. The van der Waals surface area contributed by atoms with E-state index in [1.807, 2.05) is 13.8 Å². The van der Waals surface area contributed by atoms with Gasteiger partial charge in [-0.15, -0.1) is 0 Å². The lowest BCUT2D eigenvalue weighted by atomic mass is 10.3. The van der Waals surface area contributed by atoms with E-state index in [-0.39, 0.29) is 5.91 Å². The Morgan fingerprint density at radius 2 is 2.35 bits per heavy atom. The Balaban J connectivity index is 1.87. The molecule has 0 aliphatic rings. The fourth-order valence-electron chi connectivity index (χ4n) is 1.37. The van der Waals surface area contributed by atoms with Crippen molar-refractivity contribution in [2.45, 2.75) is 26.8 Å². The first kappa shape index (κ1) is 11.3. The van der Waals surface area contributed by atoms with Crippen LogP contribution in [0.5, 0.6) is 0 Å². The molecule has 2 aromatic rings. The summed E-state index contributed by atoms with van der Waals surface area (Å²) in [6.45, 7) is 4.33. The zero-order valence-corrected chi connectivity index (χ0v) is 9.77. The van der Waals surface area contributed by atoms with Crippen molar-refractivity contribution < 1.29 is 4.79 Å². The Kier molecular flexibility index (Phi) is 3.17. The van der Waals surface area contributed by atoms with Crippen LogP contribution in [0.25, 0.3) is 0 Å². The molecule has 90 valence electrons. The number of aryl methyl sites for hydroxylation is 2. The summed E-state index contributed by atoms with van der Waals surface area (Å²) in [5.41, 5.74) is 1.91. The summed E-state index contributed by atoms with van der Waals surface area (Å²) in [7, 11) is 0. The van der Waals surface area contributed by atoms with Crippen molar-refractivity contribution in [2.24, 2.45) is 0 Å². The van der Waals surface area contributed by atoms with Crippen molar-refractivity contribution in [3.63, 3.8) is 0 Å². The second-order valence-corrected chi connectivity index (χ2v) is 3.78. The molecule has 0 atom stereocenters. The van der Waals surface area contributed by atoms with Crippen molar-refractivity contribution in [1.82, 2.24) is 25.0 Å². The molecular weight excluding hydrogens is 220 g/mol.